The molecule has 0 fully saturated rings. The fourth-order valence-electron chi connectivity index (χ4n) is 1.25. The van der Waals surface area contributed by atoms with E-state index in [0.29, 0.717) is 11.7 Å². The quantitative estimate of drug-likeness (QED) is 0.761. The molecule has 0 unspecified atom stereocenters. The second-order valence-corrected chi connectivity index (χ2v) is 3.89. The van der Waals surface area contributed by atoms with Gasteiger partial charge >= 0.3 is 0 Å². The molecular weight excluding hydrogens is 202 g/mol. The molecule has 0 spiro atoms. The lowest BCUT2D eigenvalue weighted by molar-refractivity contribution is -0.120. The van der Waals surface area contributed by atoms with Crippen molar-refractivity contribution in [2.45, 2.75) is 26.2 Å². The summed E-state index contributed by atoms with van der Waals surface area (Å²) in [5.41, 5.74) is 1.23. The highest BCUT2D eigenvalue weighted by Gasteiger charge is 2.03. The molecule has 0 amide bonds. The van der Waals surface area contributed by atoms with Crippen LogP contribution in [0.4, 0.5) is 0 Å². The first-order valence-corrected chi connectivity index (χ1v) is 5.25. The summed E-state index contributed by atoms with van der Waals surface area (Å²) < 4.78 is 5.25. The Bertz CT molecular complexity index is 387. The van der Waals surface area contributed by atoms with E-state index in [1.807, 2.05) is 24.3 Å². The number of hydrogen-bond acceptors (Lipinski definition) is 3. The number of carbonyl (C=O) groups is 1. The normalized spacial score (nSPS) is 9.88. The summed E-state index contributed by atoms with van der Waals surface area (Å²) in [4.78, 5) is 11.0. The highest BCUT2D eigenvalue weighted by atomic mass is 16.5. The minimum absolute atomic E-state index is 0.0331. The smallest absolute Gasteiger partial charge is 0.184 e. The molecule has 0 aromatic heterocycles. The Balaban J connectivity index is 2.50. The molecule has 1 aromatic rings. The highest BCUT2D eigenvalue weighted by Crippen LogP contribution is 2.18. The number of benzene rings is 1. The molecule has 0 atom stereocenters. The summed E-state index contributed by atoms with van der Waals surface area (Å²) in [5.74, 6) is 0.945. The fourth-order valence-corrected chi connectivity index (χ4v) is 1.25. The second kappa shape index (κ2) is 5.92. The van der Waals surface area contributed by atoms with Crippen LogP contribution in [0.15, 0.2) is 24.3 Å². The third-order valence-electron chi connectivity index (χ3n) is 2.22. The van der Waals surface area contributed by atoms with Crippen LogP contribution in [0.3, 0.4) is 0 Å². The van der Waals surface area contributed by atoms with Crippen molar-refractivity contribution in [3.05, 3.63) is 29.8 Å². The van der Waals surface area contributed by atoms with Crippen molar-refractivity contribution in [2.75, 3.05) is 6.61 Å². The predicted molar refractivity (Wildman–Crippen MR) is 61.3 cm³/mol. The van der Waals surface area contributed by atoms with Crippen LogP contribution in [0.2, 0.25) is 0 Å². The zero-order valence-electron chi connectivity index (χ0n) is 9.56. The van der Waals surface area contributed by atoms with Gasteiger partial charge in [0.2, 0.25) is 0 Å². The van der Waals surface area contributed by atoms with Crippen molar-refractivity contribution < 1.29 is 9.53 Å². The maximum Gasteiger partial charge on any atom is 0.184 e. The van der Waals surface area contributed by atoms with Gasteiger partial charge in [0.25, 0.3) is 0 Å². The van der Waals surface area contributed by atoms with Crippen LogP contribution in [0.1, 0.15) is 31.7 Å². The number of hydrogen-bond donors (Lipinski definition) is 0. The van der Waals surface area contributed by atoms with Crippen LogP contribution < -0.4 is 4.74 Å². The Morgan fingerprint density at radius 1 is 1.38 bits per heavy atom. The number of Topliss-reactive ketones (excluding diaryl/α,β-unsaturated/α-hetero) is 1. The molecule has 1 rings (SSSR count). The van der Waals surface area contributed by atoms with Gasteiger partial charge in [-0.05, 0) is 23.6 Å². The van der Waals surface area contributed by atoms with Gasteiger partial charge in [-0.3, -0.25) is 4.79 Å². The van der Waals surface area contributed by atoms with E-state index in [2.05, 4.69) is 13.8 Å². The van der Waals surface area contributed by atoms with E-state index in [9.17, 15) is 4.79 Å². The van der Waals surface area contributed by atoms with Gasteiger partial charge in [-0.15, -0.1) is 0 Å². The molecule has 3 nitrogen and oxygen atoms in total. The Labute approximate surface area is 95.7 Å². The number of rotatable bonds is 5. The monoisotopic (exact) mass is 217 g/mol. The lowest BCUT2D eigenvalue weighted by Crippen LogP contribution is -2.10. The third-order valence-corrected chi connectivity index (χ3v) is 2.22. The Morgan fingerprint density at radius 3 is 2.50 bits per heavy atom. The van der Waals surface area contributed by atoms with E-state index in [0.717, 1.165) is 0 Å². The first-order valence-electron chi connectivity index (χ1n) is 5.25. The first-order chi connectivity index (χ1) is 7.63. The van der Waals surface area contributed by atoms with Crippen LogP contribution in [0, 0.1) is 11.3 Å². The van der Waals surface area contributed by atoms with Crippen molar-refractivity contribution in [3.63, 3.8) is 0 Å². The standard InChI is InChI=1S/C13H15NO2/c1-10(2)11-3-5-13(6-4-11)16-9-12(15)7-8-14/h3-6,10H,7,9H2,1-2H3. The molecule has 0 aliphatic heterocycles. The minimum Gasteiger partial charge on any atom is -0.486 e. The number of carbonyl (C=O) groups excluding carboxylic acids is 1. The van der Waals surface area contributed by atoms with Crippen molar-refractivity contribution >= 4 is 5.78 Å². The molecule has 16 heavy (non-hydrogen) atoms. The van der Waals surface area contributed by atoms with Gasteiger partial charge in [-0.2, -0.15) is 5.26 Å². The SMILES string of the molecule is CC(C)c1ccc(OCC(=O)CC#N)cc1. The van der Waals surface area contributed by atoms with Gasteiger partial charge in [-0.25, -0.2) is 0 Å². The molecule has 0 bridgehead atoms. The topological polar surface area (TPSA) is 50.1 Å². The first kappa shape index (κ1) is 12.3. The molecule has 0 saturated carbocycles. The van der Waals surface area contributed by atoms with E-state index in [4.69, 9.17) is 10.00 Å². The largest absolute Gasteiger partial charge is 0.486 e. The van der Waals surface area contributed by atoms with Crippen LogP contribution in [-0.2, 0) is 4.79 Å². The molecule has 0 saturated heterocycles. The van der Waals surface area contributed by atoms with Crippen LogP contribution in [0.25, 0.3) is 0 Å². The van der Waals surface area contributed by atoms with Crippen molar-refractivity contribution in [1.82, 2.24) is 0 Å². The number of ether oxygens (including phenoxy) is 1. The second-order valence-electron chi connectivity index (χ2n) is 3.89. The van der Waals surface area contributed by atoms with E-state index < -0.39 is 0 Å². The average molecular weight is 217 g/mol. The summed E-state index contributed by atoms with van der Waals surface area (Å²) in [6, 6.07) is 9.44. The summed E-state index contributed by atoms with van der Waals surface area (Å²) in [7, 11) is 0. The number of nitrogens with zero attached hydrogens (tertiary/aromatic N) is 1. The minimum atomic E-state index is -0.199. The molecule has 0 aliphatic carbocycles. The van der Waals surface area contributed by atoms with Crippen LogP contribution in [0.5, 0.6) is 5.75 Å². The molecule has 0 N–H and O–H groups in total. The van der Waals surface area contributed by atoms with Gasteiger partial charge in [0.15, 0.2) is 5.78 Å². The highest BCUT2D eigenvalue weighted by molar-refractivity contribution is 5.81. The zero-order valence-corrected chi connectivity index (χ0v) is 9.56. The van der Waals surface area contributed by atoms with Gasteiger partial charge in [-0.1, -0.05) is 26.0 Å². The summed E-state index contributed by atoms with van der Waals surface area (Å²) in [6.07, 6.45) is -0.0932. The van der Waals surface area contributed by atoms with E-state index >= 15 is 0 Å². The summed E-state index contributed by atoms with van der Waals surface area (Å²) in [5, 5.41) is 8.30. The lowest BCUT2D eigenvalue weighted by Gasteiger charge is -2.07. The Morgan fingerprint density at radius 2 is 2.00 bits per heavy atom. The van der Waals surface area contributed by atoms with Gasteiger partial charge in [0, 0.05) is 0 Å². The summed E-state index contributed by atoms with van der Waals surface area (Å²) in [6.45, 7) is 4.20. The number of ketones is 1. The Hall–Kier alpha value is -1.82. The lowest BCUT2D eigenvalue weighted by atomic mass is 10.0. The maximum atomic E-state index is 11.0. The average Bonchev–Trinajstić information content (AvgIpc) is 2.27. The molecule has 1 aromatic carbocycles. The predicted octanol–water partition coefficient (Wildman–Crippen LogP) is 2.67. The molecule has 3 heteroatoms. The number of nitriles is 1. The van der Waals surface area contributed by atoms with E-state index in [1.54, 1.807) is 6.07 Å². The van der Waals surface area contributed by atoms with Gasteiger partial charge in [0.1, 0.15) is 12.4 Å². The Kier molecular flexibility index (Phi) is 4.53. The van der Waals surface area contributed by atoms with Crippen molar-refractivity contribution in [1.29, 1.82) is 5.26 Å². The maximum absolute atomic E-state index is 11.0. The van der Waals surface area contributed by atoms with Crippen molar-refractivity contribution in [3.8, 4) is 11.8 Å². The fraction of sp³-hybridized carbons (Fsp3) is 0.385. The summed E-state index contributed by atoms with van der Waals surface area (Å²) >= 11 is 0. The molecule has 0 heterocycles. The molecule has 84 valence electrons. The van der Waals surface area contributed by atoms with Crippen molar-refractivity contribution in [2.24, 2.45) is 0 Å². The van der Waals surface area contributed by atoms with Crippen LogP contribution >= 0.6 is 0 Å². The third kappa shape index (κ3) is 3.74. The van der Waals surface area contributed by atoms with Gasteiger partial charge < -0.3 is 4.74 Å². The molecule has 0 radical (unpaired) electrons. The molecule has 0 aliphatic rings. The molecular formula is C13H15NO2. The van der Waals surface area contributed by atoms with E-state index in [-0.39, 0.29) is 18.8 Å². The van der Waals surface area contributed by atoms with E-state index in [1.165, 1.54) is 5.56 Å². The van der Waals surface area contributed by atoms with Gasteiger partial charge in [0.05, 0.1) is 12.5 Å². The zero-order chi connectivity index (χ0) is 12.0. The van der Waals surface area contributed by atoms with Crippen LogP contribution in [-0.4, -0.2) is 12.4 Å².